The molecule has 0 aliphatic rings. The van der Waals surface area contributed by atoms with E-state index in [1.165, 1.54) is 61.5 Å². The van der Waals surface area contributed by atoms with Crippen molar-refractivity contribution in [2.24, 2.45) is 30.7 Å². The fourth-order valence-corrected chi connectivity index (χ4v) is 10.9. The number of hydrogen-bond donors (Lipinski definition) is 7. The van der Waals surface area contributed by atoms with Crippen LogP contribution in [-0.2, 0) is 50.6 Å². The summed E-state index contributed by atoms with van der Waals surface area (Å²) in [5.41, 5.74) is -0.176. The molecule has 0 unspecified atom stereocenters. The Bertz CT molecular complexity index is 4610. The Labute approximate surface area is 456 Å². The Hall–Kier alpha value is -8.35. The molecule has 0 radical (unpaired) electrons. The Morgan fingerprint density at radius 1 is 0.494 bits per heavy atom. The topological polar surface area (TPSA) is 431 Å². The van der Waals surface area contributed by atoms with Crippen LogP contribution < -0.4 is 10.6 Å². The molecule has 33 heteroatoms. The number of nitriles is 2. The molecule has 0 atom stereocenters. The number of aromatic nitrogens is 1. The van der Waals surface area contributed by atoms with Crippen molar-refractivity contribution in [3.63, 3.8) is 0 Å². The van der Waals surface area contributed by atoms with E-state index in [0.29, 0.717) is 28.8 Å². The summed E-state index contributed by atoms with van der Waals surface area (Å²) in [6.45, 7) is 1.49. The minimum absolute atomic E-state index is 0.00545. The zero-order chi connectivity index (χ0) is 57.4. The SMILES string of the molecule is Cc1c(C#N)c(Nc2ccc(S(=O)(=O)O)cc2)nc(Nc2ccc(S(=O)(=O)O)cc2)c1N=Nc1sc(N=Nc2ccc(N=Nc3cc(S(=O)(=O)O)ccc3S(=O)(=O)O)c3cc(S(=O)(=O)O)ccc23)c(-c2ccc(Cl)cc2)c1C#N. The van der Waals surface area contributed by atoms with Crippen LogP contribution in [0.4, 0.5) is 55.8 Å². The van der Waals surface area contributed by atoms with Gasteiger partial charge in [0, 0.05) is 38.3 Å². The smallest absolute Gasteiger partial charge is 0.296 e. The van der Waals surface area contributed by atoms with Gasteiger partial charge in [0.2, 0.25) is 0 Å². The van der Waals surface area contributed by atoms with E-state index in [1.807, 2.05) is 6.07 Å². The lowest BCUT2D eigenvalue weighted by Gasteiger charge is -2.16. The summed E-state index contributed by atoms with van der Waals surface area (Å²) in [5.74, 6) is -0.200. The summed E-state index contributed by atoms with van der Waals surface area (Å²) < 4.78 is 168. The van der Waals surface area contributed by atoms with E-state index in [1.54, 1.807) is 12.1 Å². The van der Waals surface area contributed by atoms with Crippen molar-refractivity contribution < 1.29 is 64.9 Å². The van der Waals surface area contributed by atoms with Crippen LogP contribution >= 0.6 is 22.9 Å². The molecule has 0 spiro atoms. The first-order chi connectivity index (χ1) is 37.0. The quantitative estimate of drug-likeness (QED) is 0.0349. The third-order valence-electron chi connectivity index (χ3n) is 11.0. The van der Waals surface area contributed by atoms with E-state index >= 15 is 0 Å². The number of anilines is 4. The third-order valence-corrected chi connectivity index (χ3v) is 16.5. The molecule has 7 N–H and O–H groups in total. The fraction of sp³-hybridized carbons (Fsp3) is 0.0217. The Morgan fingerprint density at radius 2 is 0.962 bits per heavy atom. The average Bonchev–Trinajstić information content (AvgIpc) is 3.75. The predicted molar refractivity (Wildman–Crippen MR) is 285 cm³/mol. The first kappa shape index (κ1) is 56.8. The first-order valence-electron chi connectivity index (χ1n) is 21.4. The third kappa shape index (κ3) is 12.8. The van der Waals surface area contributed by atoms with Gasteiger partial charge in [0.15, 0.2) is 16.6 Å². The molecule has 0 bridgehead atoms. The van der Waals surface area contributed by atoms with Crippen molar-refractivity contribution in [2.75, 3.05) is 10.6 Å². The Morgan fingerprint density at radius 3 is 1.49 bits per heavy atom. The van der Waals surface area contributed by atoms with Gasteiger partial charge in [-0.05, 0) is 116 Å². The van der Waals surface area contributed by atoms with E-state index in [4.69, 9.17) is 11.6 Å². The number of nitrogens with one attached hydrogen (secondary N) is 2. The number of hydrogen-bond acceptors (Lipinski definition) is 22. The molecular weight excluding hydrogens is 1170 g/mol. The van der Waals surface area contributed by atoms with Crippen LogP contribution in [0.2, 0.25) is 5.02 Å². The lowest BCUT2D eigenvalue weighted by Crippen LogP contribution is -2.05. The number of fused-ring (bicyclic) bond motifs is 1. The molecule has 26 nitrogen and oxygen atoms in total. The molecule has 0 aliphatic carbocycles. The molecular formula is C46H30ClN11O15S6. The van der Waals surface area contributed by atoms with Crippen LogP contribution in [-0.4, -0.2) is 69.8 Å². The minimum Gasteiger partial charge on any atom is -0.339 e. The van der Waals surface area contributed by atoms with Gasteiger partial charge in [-0.3, -0.25) is 22.8 Å². The molecule has 0 saturated carbocycles. The zero-order valence-electron chi connectivity index (χ0n) is 39.2. The van der Waals surface area contributed by atoms with Crippen LogP contribution in [0.3, 0.4) is 0 Å². The average molecular weight is 1200 g/mol. The maximum Gasteiger partial charge on any atom is 0.296 e. The highest BCUT2D eigenvalue weighted by Crippen LogP contribution is 2.49. The summed E-state index contributed by atoms with van der Waals surface area (Å²) in [7, 11) is -24.0. The van der Waals surface area contributed by atoms with Crippen molar-refractivity contribution in [3.05, 3.63) is 143 Å². The minimum atomic E-state index is -5.06. The van der Waals surface area contributed by atoms with Crippen molar-refractivity contribution in [2.45, 2.75) is 31.4 Å². The molecule has 8 aromatic rings. The molecule has 79 heavy (non-hydrogen) atoms. The lowest BCUT2D eigenvalue weighted by molar-refractivity contribution is 0.478. The number of nitrogens with zero attached hydrogens (tertiary/aromatic N) is 9. The molecule has 2 aromatic heterocycles. The lowest BCUT2D eigenvalue weighted by atomic mass is 10.0. The molecule has 0 fully saturated rings. The highest BCUT2D eigenvalue weighted by molar-refractivity contribution is 7.87. The second-order valence-corrected chi connectivity index (χ2v) is 24.6. The van der Waals surface area contributed by atoms with Crippen LogP contribution in [0.15, 0.2) is 176 Å². The zero-order valence-corrected chi connectivity index (χ0v) is 44.9. The van der Waals surface area contributed by atoms with Crippen LogP contribution in [0, 0.1) is 29.6 Å². The number of benzene rings is 6. The molecule has 0 aliphatic heterocycles. The maximum atomic E-state index is 12.3. The van der Waals surface area contributed by atoms with E-state index in [2.05, 4.69) is 52.4 Å². The summed E-state index contributed by atoms with van der Waals surface area (Å²) >= 11 is 7.03. The molecule has 0 amide bonds. The molecule has 2 heterocycles. The standard InChI is InChI=1S/C46H30ClN11O15S6/c1-24-35(22-48)43(50-27-6-10-29(11-7-27)75(59,60)61)52-44(51-28-8-12-30(13-9-28)76(62,63)64)42(24)56-57-45-36(23-49)41(25-2-4-26(47)5-3-25)46(74-45)58-54-37-17-18-38(34-20-31(77(65,66)67)14-16-33(34)37)53-55-39-21-32(78(68,69)70)15-19-40(39)79(71,72)73/h2-21H,1H3,(H2,50,51,52)(H,59,60,61)(H,62,63,64)(H,65,66,67)(H,68,69,70)(H,71,72,73). The number of thiophene rings is 1. The largest absolute Gasteiger partial charge is 0.339 e. The summed E-state index contributed by atoms with van der Waals surface area (Å²) in [6, 6.07) is 27.5. The van der Waals surface area contributed by atoms with Gasteiger partial charge < -0.3 is 10.6 Å². The van der Waals surface area contributed by atoms with Gasteiger partial charge >= 0.3 is 0 Å². The molecule has 6 aromatic carbocycles. The van der Waals surface area contributed by atoms with E-state index in [9.17, 15) is 75.4 Å². The maximum absolute atomic E-state index is 12.3. The Balaban J connectivity index is 1.26. The number of halogens is 1. The Kier molecular flexibility index (Phi) is 15.7. The molecule has 8 rings (SSSR count). The second kappa shape index (κ2) is 21.8. The molecule has 402 valence electrons. The van der Waals surface area contributed by atoms with Gasteiger partial charge in [0.05, 0.1) is 36.5 Å². The second-order valence-electron chi connectivity index (χ2n) is 16.1. The van der Waals surface area contributed by atoms with Crippen molar-refractivity contribution in [1.82, 2.24) is 4.98 Å². The van der Waals surface area contributed by atoms with Gasteiger partial charge in [-0.25, -0.2) is 4.98 Å². The van der Waals surface area contributed by atoms with Gasteiger partial charge in [0.25, 0.3) is 50.6 Å². The van der Waals surface area contributed by atoms with E-state index < -0.39 is 80.8 Å². The van der Waals surface area contributed by atoms with Crippen LogP contribution in [0.5, 0.6) is 0 Å². The van der Waals surface area contributed by atoms with Gasteiger partial charge in [-0.15, -0.1) is 30.7 Å². The van der Waals surface area contributed by atoms with E-state index in [0.717, 1.165) is 47.7 Å². The monoisotopic (exact) mass is 1200 g/mol. The van der Waals surface area contributed by atoms with E-state index in [-0.39, 0.29) is 83.1 Å². The number of pyridine rings is 1. The van der Waals surface area contributed by atoms with Crippen molar-refractivity contribution in [3.8, 4) is 23.3 Å². The van der Waals surface area contributed by atoms with Gasteiger partial charge in [-0.1, -0.05) is 41.1 Å². The summed E-state index contributed by atoms with van der Waals surface area (Å²) in [6.07, 6.45) is 0. The van der Waals surface area contributed by atoms with Crippen molar-refractivity contribution >= 4 is 140 Å². The number of azo groups is 3. The fourth-order valence-electron chi connectivity index (χ4n) is 7.25. The van der Waals surface area contributed by atoms with Crippen LogP contribution in [0.25, 0.3) is 21.9 Å². The van der Waals surface area contributed by atoms with Crippen molar-refractivity contribution in [1.29, 1.82) is 10.5 Å². The highest BCUT2D eigenvalue weighted by Gasteiger charge is 2.25. The summed E-state index contributed by atoms with van der Waals surface area (Å²) in [4.78, 5) is 1.33. The first-order valence-corrected chi connectivity index (χ1v) is 29.8. The number of rotatable bonds is 16. The normalized spacial score (nSPS) is 12.6. The highest BCUT2D eigenvalue weighted by atomic mass is 35.5. The molecule has 0 saturated heterocycles. The van der Waals surface area contributed by atoms with Crippen LogP contribution in [0.1, 0.15) is 16.7 Å². The van der Waals surface area contributed by atoms with Gasteiger partial charge in [0.1, 0.15) is 39.0 Å². The predicted octanol–water partition coefficient (Wildman–Crippen LogP) is 11.6. The summed E-state index contributed by atoms with van der Waals surface area (Å²) in [5, 5.41) is 52.8. The van der Waals surface area contributed by atoms with Gasteiger partial charge in [-0.2, -0.15) is 52.6 Å².